The number of anilines is 3. The number of para-hydroxylation sites is 1. The van der Waals surface area contributed by atoms with Crippen molar-refractivity contribution in [3.8, 4) is 5.75 Å². The number of hydrogen-bond donors (Lipinski definition) is 3. The molecular formula is C23H26N4O6S. The van der Waals surface area contributed by atoms with E-state index >= 15 is 0 Å². The zero-order valence-electron chi connectivity index (χ0n) is 19.1. The number of benzene rings is 2. The number of nitrogens with zero attached hydrogens (tertiary/aromatic N) is 1. The van der Waals surface area contributed by atoms with E-state index in [1.54, 1.807) is 49.1 Å². The lowest BCUT2D eigenvalue weighted by Crippen LogP contribution is -2.43. The summed E-state index contributed by atoms with van der Waals surface area (Å²) in [4.78, 5) is 26.9. The van der Waals surface area contributed by atoms with E-state index in [0.717, 1.165) is 5.57 Å². The highest BCUT2D eigenvalue weighted by Gasteiger charge is 2.29. The summed E-state index contributed by atoms with van der Waals surface area (Å²) in [5, 5.41) is 5.56. The molecule has 2 aliphatic heterocycles. The molecule has 3 N–H and O–H groups in total. The first-order valence-electron chi connectivity index (χ1n) is 10.7. The lowest BCUT2D eigenvalue weighted by Gasteiger charge is -2.27. The molecule has 0 radical (unpaired) electrons. The number of fused-ring (bicyclic) bond motifs is 1. The number of ether oxygens (including phenoxy) is 2. The third-order valence-electron chi connectivity index (χ3n) is 5.55. The fraction of sp³-hybridized carbons (Fsp3) is 0.304. The third kappa shape index (κ3) is 4.57. The highest BCUT2D eigenvalue weighted by atomic mass is 32.2. The summed E-state index contributed by atoms with van der Waals surface area (Å²) in [6.45, 7) is 5.28. The summed E-state index contributed by atoms with van der Waals surface area (Å²) >= 11 is 0. The summed E-state index contributed by atoms with van der Waals surface area (Å²) in [7, 11) is -2.70. The average Bonchev–Trinajstić information content (AvgIpc) is 3.14. The van der Waals surface area contributed by atoms with Crippen molar-refractivity contribution in [1.29, 1.82) is 0 Å². The standard InChI is InChI=1S/C23H26N4O6S/c1-14(2)21-15-12-18(26-34(30,31)20-7-5-4-6-19(20)32-3)17(13-16(15)24-22(21)28)25-23(29)27-8-10-33-11-9-27/h4-7,12-13,26H,8-11H2,1-3H3,(H,24,28)(H,25,29). The predicted octanol–water partition coefficient (Wildman–Crippen LogP) is 3.11. The number of methoxy groups -OCH3 is 1. The van der Waals surface area contributed by atoms with E-state index in [2.05, 4.69) is 15.4 Å². The van der Waals surface area contributed by atoms with E-state index in [1.807, 2.05) is 0 Å². The molecule has 11 heteroatoms. The fourth-order valence-electron chi connectivity index (χ4n) is 3.90. The van der Waals surface area contributed by atoms with Gasteiger partial charge in [-0.25, -0.2) is 13.2 Å². The smallest absolute Gasteiger partial charge is 0.322 e. The summed E-state index contributed by atoms with van der Waals surface area (Å²) in [6.07, 6.45) is 0. The van der Waals surface area contributed by atoms with E-state index in [4.69, 9.17) is 9.47 Å². The Bertz CT molecular complexity index is 1280. The van der Waals surface area contributed by atoms with Crippen LogP contribution in [0.25, 0.3) is 5.57 Å². The minimum Gasteiger partial charge on any atom is -0.495 e. The molecule has 0 aromatic heterocycles. The molecule has 0 saturated carbocycles. The number of sulfonamides is 1. The highest BCUT2D eigenvalue weighted by molar-refractivity contribution is 7.92. The molecule has 0 atom stereocenters. The molecule has 2 aromatic rings. The summed E-state index contributed by atoms with van der Waals surface area (Å²) < 4.78 is 39.6. The minimum absolute atomic E-state index is 0.0555. The van der Waals surface area contributed by atoms with E-state index < -0.39 is 16.1 Å². The first-order chi connectivity index (χ1) is 16.2. The number of allylic oxidation sites excluding steroid dienone is 1. The van der Waals surface area contributed by atoms with Gasteiger partial charge in [-0.1, -0.05) is 17.7 Å². The molecule has 3 amide bonds. The molecule has 180 valence electrons. The van der Waals surface area contributed by atoms with Gasteiger partial charge in [-0.3, -0.25) is 9.52 Å². The van der Waals surface area contributed by atoms with Gasteiger partial charge >= 0.3 is 6.03 Å². The number of nitrogens with one attached hydrogen (secondary N) is 3. The van der Waals surface area contributed by atoms with Crippen LogP contribution < -0.4 is 20.1 Å². The summed E-state index contributed by atoms with van der Waals surface area (Å²) in [5.74, 6) is -0.109. The molecule has 0 bridgehead atoms. The van der Waals surface area contributed by atoms with Gasteiger partial charge in [-0.05, 0) is 38.1 Å². The second-order valence-corrected chi connectivity index (χ2v) is 9.71. The Morgan fingerprint density at radius 2 is 1.82 bits per heavy atom. The van der Waals surface area contributed by atoms with Crippen LogP contribution in [-0.2, 0) is 19.6 Å². The summed E-state index contributed by atoms with van der Waals surface area (Å²) in [6, 6.07) is 8.94. The maximum atomic E-state index is 13.3. The van der Waals surface area contributed by atoms with Crippen LogP contribution >= 0.6 is 0 Å². The molecule has 0 aliphatic carbocycles. The Balaban J connectivity index is 1.77. The van der Waals surface area contributed by atoms with Crippen molar-refractivity contribution in [2.45, 2.75) is 18.7 Å². The van der Waals surface area contributed by atoms with Gasteiger partial charge in [-0.15, -0.1) is 0 Å². The monoisotopic (exact) mass is 486 g/mol. The molecule has 0 unspecified atom stereocenters. The van der Waals surface area contributed by atoms with Gasteiger partial charge in [0.25, 0.3) is 15.9 Å². The first kappa shape index (κ1) is 23.6. The largest absolute Gasteiger partial charge is 0.495 e. The quantitative estimate of drug-likeness (QED) is 0.558. The van der Waals surface area contributed by atoms with Crippen molar-refractivity contribution in [3.05, 3.63) is 47.5 Å². The number of carbonyl (C=O) groups excluding carboxylic acids is 2. The van der Waals surface area contributed by atoms with Crippen LogP contribution in [0.3, 0.4) is 0 Å². The summed E-state index contributed by atoms with van der Waals surface area (Å²) in [5.41, 5.74) is 2.61. The first-order valence-corrected chi connectivity index (χ1v) is 12.2. The molecule has 1 saturated heterocycles. The molecule has 2 heterocycles. The van der Waals surface area contributed by atoms with Crippen molar-refractivity contribution in [1.82, 2.24) is 4.90 Å². The van der Waals surface area contributed by atoms with Gasteiger partial charge in [-0.2, -0.15) is 0 Å². The molecule has 1 fully saturated rings. The molecule has 10 nitrogen and oxygen atoms in total. The molecule has 0 spiro atoms. The van der Waals surface area contributed by atoms with Crippen LogP contribution in [0.15, 0.2) is 46.9 Å². The Morgan fingerprint density at radius 1 is 1.12 bits per heavy atom. The van der Waals surface area contributed by atoms with Gasteiger partial charge in [0, 0.05) is 24.2 Å². The zero-order chi connectivity index (χ0) is 24.5. The fourth-order valence-corrected chi connectivity index (χ4v) is 5.14. The molecule has 2 aromatic carbocycles. The van der Waals surface area contributed by atoms with Crippen molar-refractivity contribution >= 4 is 44.6 Å². The zero-order valence-corrected chi connectivity index (χ0v) is 19.9. The van der Waals surface area contributed by atoms with Crippen LogP contribution in [0.2, 0.25) is 0 Å². The lowest BCUT2D eigenvalue weighted by molar-refractivity contribution is -0.110. The van der Waals surface area contributed by atoms with Gasteiger partial charge in [0.2, 0.25) is 0 Å². The van der Waals surface area contributed by atoms with Gasteiger partial charge in [0.15, 0.2) is 0 Å². The SMILES string of the molecule is COc1ccccc1S(=O)(=O)Nc1cc2c(cc1NC(=O)N1CCOCC1)NC(=O)C2=C(C)C. The van der Waals surface area contributed by atoms with Crippen LogP contribution in [0.1, 0.15) is 19.4 Å². The van der Waals surface area contributed by atoms with Crippen molar-refractivity contribution in [3.63, 3.8) is 0 Å². The Morgan fingerprint density at radius 3 is 2.50 bits per heavy atom. The van der Waals surface area contributed by atoms with Crippen LogP contribution in [0, 0.1) is 0 Å². The molecule has 2 aliphatic rings. The minimum atomic E-state index is -4.09. The highest BCUT2D eigenvalue weighted by Crippen LogP contribution is 2.40. The molecular weight excluding hydrogens is 460 g/mol. The molecule has 34 heavy (non-hydrogen) atoms. The van der Waals surface area contributed by atoms with Crippen molar-refractivity contribution < 1.29 is 27.5 Å². The van der Waals surface area contributed by atoms with Crippen molar-refractivity contribution in [2.24, 2.45) is 0 Å². The lowest BCUT2D eigenvalue weighted by atomic mass is 10.0. The van der Waals surface area contributed by atoms with E-state index in [0.29, 0.717) is 43.1 Å². The number of morpholine rings is 1. The maximum Gasteiger partial charge on any atom is 0.322 e. The number of rotatable bonds is 5. The van der Waals surface area contributed by atoms with E-state index in [-0.39, 0.29) is 27.9 Å². The Hall–Kier alpha value is -3.57. The topological polar surface area (TPSA) is 126 Å². The van der Waals surface area contributed by atoms with Gasteiger partial charge < -0.3 is 25.0 Å². The number of amides is 3. The third-order valence-corrected chi connectivity index (χ3v) is 6.95. The van der Waals surface area contributed by atoms with Crippen LogP contribution in [0.5, 0.6) is 5.75 Å². The average molecular weight is 487 g/mol. The van der Waals surface area contributed by atoms with E-state index in [9.17, 15) is 18.0 Å². The number of urea groups is 1. The van der Waals surface area contributed by atoms with Gasteiger partial charge in [0.1, 0.15) is 10.6 Å². The van der Waals surface area contributed by atoms with E-state index in [1.165, 1.54) is 13.2 Å². The Kier molecular flexibility index (Phi) is 6.49. The number of hydrogen-bond acceptors (Lipinski definition) is 6. The second-order valence-electron chi connectivity index (χ2n) is 8.06. The van der Waals surface area contributed by atoms with Gasteiger partial charge in [0.05, 0.1) is 37.4 Å². The predicted molar refractivity (Wildman–Crippen MR) is 129 cm³/mol. The molecule has 4 rings (SSSR count). The normalized spacial score (nSPS) is 15.4. The Labute approximate surface area is 198 Å². The maximum absolute atomic E-state index is 13.3. The van der Waals surface area contributed by atoms with Crippen LogP contribution in [0.4, 0.5) is 21.9 Å². The van der Waals surface area contributed by atoms with Crippen molar-refractivity contribution in [2.75, 3.05) is 48.8 Å². The number of carbonyl (C=O) groups is 2. The second kappa shape index (κ2) is 9.35. The van der Waals surface area contributed by atoms with Crippen LogP contribution in [-0.4, -0.2) is 58.7 Å².